The summed E-state index contributed by atoms with van der Waals surface area (Å²) in [7, 11) is -3.79. The van der Waals surface area contributed by atoms with E-state index in [1.807, 2.05) is 0 Å². The lowest BCUT2D eigenvalue weighted by atomic mass is 10.2. The summed E-state index contributed by atoms with van der Waals surface area (Å²) in [6.45, 7) is 1.94. The lowest BCUT2D eigenvalue weighted by Crippen LogP contribution is -2.23. The summed E-state index contributed by atoms with van der Waals surface area (Å²) in [6.07, 6.45) is 0. The molecule has 114 valence electrons. The van der Waals surface area contributed by atoms with Crippen molar-refractivity contribution in [2.75, 3.05) is 0 Å². The second-order valence-electron chi connectivity index (χ2n) is 4.42. The van der Waals surface area contributed by atoms with Crippen LogP contribution in [0.1, 0.15) is 17.1 Å². The monoisotopic (exact) mass is 348 g/mol. The van der Waals surface area contributed by atoms with E-state index in [-0.39, 0.29) is 23.0 Å². The molecule has 1 aromatic carbocycles. The molecule has 8 heteroatoms. The van der Waals surface area contributed by atoms with Crippen LogP contribution < -0.4 is 10.5 Å². The van der Waals surface area contributed by atoms with Gasteiger partial charge in [0, 0.05) is 11.6 Å². The molecule has 2 rings (SSSR count). The van der Waals surface area contributed by atoms with E-state index in [2.05, 4.69) is 4.72 Å². The van der Waals surface area contributed by atoms with Gasteiger partial charge in [-0.1, -0.05) is 23.2 Å². The lowest BCUT2D eigenvalue weighted by Gasteiger charge is -2.10. The summed E-state index contributed by atoms with van der Waals surface area (Å²) < 4.78 is 32.3. The molecular formula is C13H14Cl2N2O3S. The average Bonchev–Trinajstić information content (AvgIpc) is 2.82. The molecular weight excluding hydrogens is 335 g/mol. The fraction of sp³-hybridized carbons (Fsp3) is 0.231. The zero-order valence-corrected chi connectivity index (χ0v) is 13.5. The summed E-state index contributed by atoms with van der Waals surface area (Å²) in [5.41, 5.74) is 6.03. The van der Waals surface area contributed by atoms with Crippen LogP contribution in [0.4, 0.5) is 0 Å². The van der Waals surface area contributed by atoms with E-state index in [4.69, 9.17) is 33.4 Å². The van der Waals surface area contributed by atoms with Crippen molar-refractivity contribution in [1.29, 1.82) is 0 Å². The molecule has 0 aliphatic heterocycles. The van der Waals surface area contributed by atoms with Crippen LogP contribution in [0.15, 0.2) is 33.6 Å². The van der Waals surface area contributed by atoms with Crippen LogP contribution in [0, 0.1) is 6.92 Å². The maximum absolute atomic E-state index is 12.3. The standard InChI is InChI=1S/C13H14Cl2N2O3S/c1-8-2-3-10(20-8)7-17-21(18,19)13-4-9(6-16)11(14)5-12(13)15/h2-5,17H,6-7,16H2,1H3. The summed E-state index contributed by atoms with van der Waals surface area (Å²) in [6, 6.07) is 6.20. The molecule has 21 heavy (non-hydrogen) atoms. The molecule has 0 amide bonds. The Morgan fingerprint density at radius 2 is 1.95 bits per heavy atom. The first-order valence-electron chi connectivity index (χ1n) is 6.06. The van der Waals surface area contributed by atoms with Crippen LogP contribution in [0.2, 0.25) is 10.0 Å². The molecule has 1 heterocycles. The molecule has 2 aromatic rings. The van der Waals surface area contributed by atoms with Gasteiger partial charge in [-0.3, -0.25) is 0 Å². The van der Waals surface area contributed by atoms with Crippen molar-refractivity contribution in [3.8, 4) is 0 Å². The molecule has 0 aliphatic rings. The van der Waals surface area contributed by atoms with Crippen LogP contribution in [0.3, 0.4) is 0 Å². The maximum atomic E-state index is 12.3. The Balaban J connectivity index is 2.27. The Hall–Kier alpha value is -1.05. The van der Waals surface area contributed by atoms with E-state index in [0.717, 1.165) is 0 Å². The molecule has 0 spiro atoms. The van der Waals surface area contributed by atoms with Crippen LogP contribution >= 0.6 is 23.2 Å². The summed E-state index contributed by atoms with van der Waals surface area (Å²) >= 11 is 11.9. The van der Waals surface area contributed by atoms with Gasteiger partial charge >= 0.3 is 0 Å². The number of benzene rings is 1. The van der Waals surface area contributed by atoms with Crippen molar-refractivity contribution in [2.24, 2.45) is 5.73 Å². The van der Waals surface area contributed by atoms with Gasteiger partial charge in [0.05, 0.1) is 11.6 Å². The molecule has 0 saturated carbocycles. The second kappa shape index (κ2) is 6.37. The van der Waals surface area contributed by atoms with Gasteiger partial charge < -0.3 is 10.2 Å². The number of sulfonamides is 1. The number of rotatable bonds is 5. The number of hydrogen-bond acceptors (Lipinski definition) is 4. The summed E-state index contributed by atoms with van der Waals surface area (Å²) in [5, 5.41) is 0.378. The normalized spacial score (nSPS) is 11.8. The summed E-state index contributed by atoms with van der Waals surface area (Å²) in [4.78, 5) is -0.0581. The van der Waals surface area contributed by atoms with E-state index in [9.17, 15) is 8.42 Å². The van der Waals surface area contributed by atoms with Crippen molar-refractivity contribution in [1.82, 2.24) is 4.72 Å². The van der Waals surface area contributed by atoms with Crippen molar-refractivity contribution < 1.29 is 12.8 Å². The van der Waals surface area contributed by atoms with Crippen LogP contribution in [-0.4, -0.2) is 8.42 Å². The van der Waals surface area contributed by atoms with Crippen LogP contribution in [0.5, 0.6) is 0 Å². The first kappa shape index (κ1) is 16.3. The molecule has 0 radical (unpaired) electrons. The first-order chi connectivity index (χ1) is 9.83. The van der Waals surface area contributed by atoms with Gasteiger partial charge in [0.2, 0.25) is 10.0 Å². The molecule has 0 fully saturated rings. The van der Waals surface area contributed by atoms with E-state index in [0.29, 0.717) is 22.1 Å². The Labute approximate surface area is 133 Å². The number of nitrogens with one attached hydrogen (secondary N) is 1. The third-order valence-corrected chi connectivity index (χ3v) is 5.06. The fourth-order valence-corrected chi connectivity index (χ4v) is 3.62. The predicted octanol–water partition coefficient (Wildman–Crippen LogP) is 2.83. The molecule has 0 atom stereocenters. The van der Waals surface area contributed by atoms with Crippen molar-refractivity contribution in [3.63, 3.8) is 0 Å². The molecule has 5 nitrogen and oxygen atoms in total. The highest BCUT2D eigenvalue weighted by Gasteiger charge is 2.20. The van der Waals surface area contributed by atoms with Gasteiger partial charge in [-0.25, -0.2) is 13.1 Å². The van der Waals surface area contributed by atoms with Crippen molar-refractivity contribution in [3.05, 3.63) is 51.4 Å². The Bertz CT molecular complexity index is 757. The quantitative estimate of drug-likeness (QED) is 0.869. The number of aryl methyl sites for hydroxylation is 1. The average molecular weight is 349 g/mol. The zero-order chi connectivity index (χ0) is 15.6. The summed E-state index contributed by atoms with van der Waals surface area (Å²) in [5.74, 6) is 1.22. The van der Waals surface area contributed by atoms with Crippen LogP contribution in [0.25, 0.3) is 0 Å². The number of hydrogen-bond donors (Lipinski definition) is 2. The Morgan fingerprint density at radius 1 is 1.24 bits per heavy atom. The van der Waals surface area contributed by atoms with Gasteiger partial charge in [-0.2, -0.15) is 0 Å². The molecule has 0 saturated heterocycles. The minimum atomic E-state index is -3.79. The first-order valence-corrected chi connectivity index (χ1v) is 8.30. The minimum absolute atomic E-state index is 0.0348. The van der Waals surface area contributed by atoms with E-state index in [1.54, 1.807) is 19.1 Å². The largest absolute Gasteiger partial charge is 0.465 e. The highest BCUT2D eigenvalue weighted by Crippen LogP contribution is 2.28. The van der Waals surface area contributed by atoms with Gasteiger partial charge in [-0.15, -0.1) is 0 Å². The van der Waals surface area contributed by atoms with E-state index in [1.165, 1.54) is 12.1 Å². The topological polar surface area (TPSA) is 85.3 Å². The van der Waals surface area contributed by atoms with Crippen molar-refractivity contribution in [2.45, 2.75) is 24.9 Å². The molecule has 0 unspecified atom stereocenters. The SMILES string of the molecule is Cc1ccc(CNS(=O)(=O)c2cc(CN)c(Cl)cc2Cl)o1. The van der Waals surface area contributed by atoms with E-state index >= 15 is 0 Å². The van der Waals surface area contributed by atoms with Gasteiger partial charge in [0.25, 0.3) is 0 Å². The molecule has 0 aliphatic carbocycles. The van der Waals surface area contributed by atoms with E-state index < -0.39 is 10.0 Å². The highest BCUT2D eigenvalue weighted by molar-refractivity contribution is 7.89. The van der Waals surface area contributed by atoms with Gasteiger partial charge in [0.1, 0.15) is 16.4 Å². The third-order valence-electron chi connectivity index (χ3n) is 2.84. The van der Waals surface area contributed by atoms with Gasteiger partial charge in [-0.05, 0) is 36.8 Å². The molecule has 3 N–H and O–H groups in total. The smallest absolute Gasteiger partial charge is 0.242 e. The number of furan rings is 1. The van der Waals surface area contributed by atoms with Crippen LogP contribution in [-0.2, 0) is 23.1 Å². The molecule has 0 bridgehead atoms. The number of nitrogens with two attached hydrogens (primary N) is 1. The maximum Gasteiger partial charge on any atom is 0.242 e. The lowest BCUT2D eigenvalue weighted by molar-refractivity contribution is 0.475. The Kier molecular flexibility index (Phi) is 4.95. The van der Waals surface area contributed by atoms with Gasteiger partial charge in [0.15, 0.2) is 0 Å². The fourth-order valence-electron chi connectivity index (χ4n) is 1.76. The number of halogens is 2. The van der Waals surface area contributed by atoms with Crippen molar-refractivity contribution >= 4 is 33.2 Å². The minimum Gasteiger partial charge on any atom is -0.465 e. The highest BCUT2D eigenvalue weighted by atomic mass is 35.5. The Morgan fingerprint density at radius 3 is 2.52 bits per heavy atom. The third kappa shape index (κ3) is 3.78. The molecule has 1 aromatic heterocycles. The second-order valence-corrected chi connectivity index (χ2v) is 6.96. The predicted molar refractivity (Wildman–Crippen MR) is 81.8 cm³/mol. The zero-order valence-electron chi connectivity index (χ0n) is 11.2.